The summed E-state index contributed by atoms with van der Waals surface area (Å²) in [5.41, 5.74) is -0.542. The van der Waals surface area contributed by atoms with Gasteiger partial charge in [-0.1, -0.05) is 6.07 Å². The summed E-state index contributed by atoms with van der Waals surface area (Å²) in [6, 6.07) is 8.37. The van der Waals surface area contributed by atoms with Crippen molar-refractivity contribution >= 4 is 15.5 Å². The van der Waals surface area contributed by atoms with Gasteiger partial charge in [0.2, 0.25) is 5.75 Å². The van der Waals surface area contributed by atoms with Crippen molar-refractivity contribution in [3.8, 4) is 11.5 Å². The number of nitro benzene ring substituents is 1. The lowest BCUT2D eigenvalue weighted by atomic mass is 10.3. The van der Waals surface area contributed by atoms with Crippen molar-refractivity contribution in [2.24, 2.45) is 0 Å². The number of ether oxygens (including phenoxy) is 1. The fourth-order valence-electron chi connectivity index (χ4n) is 1.61. The first kappa shape index (κ1) is 14.9. The van der Waals surface area contributed by atoms with Gasteiger partial charge in [-0.15, -0.1) is 0 Å². The van der Waals surface area contributed by atoms with Crippen LogP contribution in [0.2, 0.25) is 0 Å². The molecule has 0 bridgehead atoms. The Morgan fingerprint density at radius 2 is 1.90 bits per heavy atom. The highest BCUT2D eigenvalue weighted by atomic mass is 32.2. The monoisotopic (exact) mass is 311 g/mol. The summed E-state index contributed by atoms with van der Waals surface area (Å²) in [6.07, 6.45) is 1.03. The van der Waals surface area contributed by atoms with Crippen LogP contribution in [0.5, 0.6) is 11.5 Å². The summed E-state index contributed by atoms with van der Waals surface area (Å²) >= 11 is 0. The van der Waals surface area contributed by atoms with Gasteiger partial charge < -0.3 is 4.74 Å². The largest absolute Gasteiger partial charge is 0.450 e. The Bertz CT molecular complexity index is 804. The van der Waals surface area contributed by atoms with Gasteiger partial charge in [0.15, 0.2) is 9.84 Å². The molecule has 2 rings (SSSR count). The molecule has 110 valence electrons. The molecule has 6 nitrogen and oxygen atoms in total. The SMILES string of the molecule is CS(=O)(=O)c1cccc(Oc2ccc(F)cc2[N+](=O)[O-])c1. The molecular formula is C13H10FNO5S. The third-order valence-electron chi connectivity index (χ3n) is 2.58. The first-order valence-corrected chi connectivity index (χ1v) is 7.58. The van der Waals surface area contributed by atoms with Gasteiger partial charge >= 0.3 is 5.69 Å². The second kappa shape index (κ2) is 5.49. The molecule has 0 unspecified atom stereocenters. The molecule has 0 radical (unpaired) electrons. The molecule has 21 heavy (non-hydrogen) atoms. The van der Waals surface area contributed by atoms with Crippen LogP contribution in [0.25, 0.3) is 0 Å². The van der Waals surface area contributed by atoms with Gasteiger partial charge in [0.05, 0.1) is 15.9 Å². The lowest BCUT2D eigenvalue weighted by Crippen LogP contribution is -1.98. The second-order valence-corrected chi connectivity index (χ2v) is 6.23. The maximum absolute atomic E-state index is 13.0. The van der Waals surface area contributed by atoms with E-state index in [2.05, 4.69) is 0 Å². The fraction of sp³-hybridized carbons (Fsp3) is 0.0769. The summed E-state index contributed by atoms with van der Waals surface area (Å²) < 4.78 is 41.2. The highest BCUT2D eigenvalue weighted by Crippen LogP contribution is 2.32. The average molecular weight is 311 g/mol. The second-order valence-electron chi connectivity index (χ2n) is 4.22. The van der Waals surface area contributed by atoms with Crippen LogP contribution in [0.4, 0.5) is 10.1 Å². The third-order valence-corrected chi connectivity index (χ3v) is 3.69. The molecule has 0 amide bonds. The summed E-state index contributed by atoms with van der Waals surface area (Å²) in [6.45, 7) is 0. The molecule has 0 heterocycles. The van der Waals surface area contributed by atoms with Crippen molar-refractivity contribution < 1.29 is 22.5 Å². The Morgan fingerprint density at radius 3 is 2.52 bits per heavy atom. The molecule has 0 spiro atoms. The third kappa shape index (κ3) is 3.54. The van der Waals surface area contributed by atoms with E-state index in [4.69, 9.17) is 4.74 Å². The Labute approximate surface area is 119 Å². The number of hydrogen-bond donors (Lipinski definition) is 0. The normalized spacial score (nSPS) is 11.1. The number of rotatable bonds is 4. The van der Waals surface area contributed by atoms with Crippen molar-refractivity contribution in [1.29, 1.82) is 0 Å². The molecule has 0 atom stereocenters. The maximum Gasteiger partial charge on any atom is 0.314 e. The first-order valence-electron chi connectivity index (χ1n) is 5.69. The van der Waals surface area contributed by atoms with E-state index >= 15 is 0 Å². The molecule has 0 aliphatic heterocycles. The molecule has 0 aliphatic carbocycles. The molecule has 0 saturated heterocycles. The van der Waals surface area contributed by atoms with Crippen molar-refractivity contribution in [3.05, 3.63) is 58.4 Å². The molecule has 2 aromatic rings. The smallest absolute Gasteiger partial charge is 0.314 e. The predicted molar refractivity (Wildman–Crippen MR) is 72.7 cm³/mol. The minimum Gasteiger partial charge on any atom is -0.450 e. The van der Waals surface area contributed by atoms with Crippen LogP contribution in [0.15, 0.2) is 47.4 Å². The van der Waals surface area contributed by atoms with Gasteiger partial charge in [0.25, 0.3) is 0 Å². The van der Waals surface area contributed by atoms with E-state index in [0.717, 1.165) is 24.5 Å². The molecular weight excluding hydrogens is 301 g/mol. The predicted octanol–water partition coefficient (Wildman–Crippen LogP) is 2.93. The Balaban J connectivity index is 2.41. The Kier molecular flexibility index (Phi) is 3.90. The van der Waals surface area contributed by atoms with Crippen LogP contribution in [-0.4, -0.2) is 19.6 Å². The van der Waals surface area contributed by atoms with Gasteiger partial charge in [-0.2, -0.15) is 0 Å². The minimum atomic E-state index is -3.42. The minimum absolute atomic E-state index is 0.0183. The van der Waals surface area contributed by atoms with Crippen molar-refractivity contribution in [3.63, 3.8) is 0 Å². The van der Waals surface area contributed by atoms with Crippen LogP contribution in [0.1, 0.15) is 0 Å². The average Bonchev–Trinajstić information content (AvgIpc) is 2.40. The fourth-order valence-corrected chi connectivity index (χ4v) is 2.27. The number of benzene rings is 2. The topological polar surface area (TPSA) is 86.5 Å². The molecule has 8 heteroatoms. The van der Waals surface area contributed by atoms with Gasteiger partial charge in [-0.05, 0) is 30.3 Å². The van der Waals surface area contributed by atoms with Gasteiger partial charge in [0.1, 0.15) is 11.6 Å². The summed E-state index contributed by atoms with van der Waals surface area (Å²) in [7, 11) is -3.42. The van der Waals surface area contributed by atoms with Gasteiger partial charge in [-0.3, -0.25) is 10.1 Å². The Morgan fingerprint density at radius 1 is 1.19 bits per heavy atom. The zero-order valence-electron chi connectivity index (χ0n) is 10.8. The highest BCUT2D eigenvalue weighted by molar-refractivity contribution is 7.90. The summed E-state index contributed by atoms with van der Waals surface area (Å²) in [4.78, 5) is 10.1. The van der Waals surface area contributed by atoms with E-state index in [-0.39, 0.29) is 16.4 Å². The number of halogens is 1. The maximum atomic E-state index is 13.0. The van der Waals surface area contributed by atoms with Crippen molar-refractivity contribution in [2.75, 3.05) is 6.26 Å². The quantitative estimate of drug-likeness (QED) is 0.640. The molecule has 0 N–H and O–H groups in total. The van der Waals surface area contributed by atoms with E-state index in [1.54, 1.807) is 0 Å². The molecule has 0 aromatic heterocycles. The van der Waals surface area contributed by atoms with Crippen LogP contribution in [0.3, 0.4) is 0 Å². The van der Waals surface area contributed by atoms with Crippen LogP contribution in [0, 0.1) is 15.9 Å². The number of nitro groups is 1. The first-order chi connectivity index (χ1) is 9.77. The summed E-state index contributed by atoms with van der Waals surface area (Å²) in [5, 5.41) is 10.9. The van der Waals surface area contributed by atoms with E-state index in [1.165, 1.54) is 24.3 Å². The standard InChI is InChI=1S/C13H10FNO5S/c1-21(18,19)11-4-2-3-10(8-11)20-13-6-5-9(14)7-12(13)15(16)17/h2-8H,1H3. The van der Waals surface area contributed by atoms with E-state index < -0.39 is 26.3 Å². The molecule has 0 fully saturated rings. The summed E-state index contributed by atoms with van der Waals surface area (Å²) in [5.74, 6) is -0.835. The van der Waals surface area contributed by atoms with Crippen LogP contribution >= 0.6 is 0 Å². The van der Waals surface area contributed by atoms with E-state index in [1.807, 2.05) is 0 Å². The Hall–Kier alpha value is -2.48. The van der Waals surface area contributed by atoms with E-state index in [9.17, 15) is 22.9 Å². The van der Waals surface area contributed by atoms with Crippen LogP contribution < -0.4 is 4.74 Å². The zero-order valence-corrected chi connectivity index (χ0v) is 11.6. The zero-order chi connectivity index (χ0) is 15.6. The molecule has 0 aliphatic rings. The molecule has 0 saturated carbocycles. The van der Waals surface area contributed by atoms with Gasteiger partial charge in [-0.25, -0.2) is 12.8 Å². The van der Waals surface area contributed by atoms with E-state index in [0.29, 0.717) is 0 Å². The number of nitrogens with zero attached hydrogens (tertiary/aromatic N) is 1. The van der Waals surface area contributed by atoms with Crippen LogP contribution in [-0.2, 0) is 9.84 Å². The lowest BCUT2D eigenvalue weighted by Gasteiger charge is -2.07. The number of hydrogen-bond acceptors (Lipinski definition) is 5. The molecule has 2 aromatic carbocycles. The van der Waals surface area contributed by atoms with Crippen molar-refractivity contribution in [2.45, 2.75) is 4.90 Å². The lowest BCUT2D eigenvalue weighted by molar-refractivity contribution is -0.385. The van der Waals surface area contributed by atoms with Gasteiger partial charge in [0, 0.05) is 6.26 Å². The van der Waals surface area contributed by atoms with Crippen molar-refractivity contribution in [1.82, 2.24) is 0 Å². The highest BCUT2D eigenvalue weighted by Gasteiger charge is 2.17. The number of sulfone groups is 1.